The van der Waals surface area contributed by atoms with Crippen molar-refractivity contribution >= 4 is 29.0 Å². The van der Waals surface area contributed by atoms with Gasteiger partial charge in [0, 0.05) is 16.8 Å². The van der Waals surface area contributed by atoms with E-state index in [4.69, 9.17) is 33.7 Å². The molecule has 0 bridgehead atoms. The summed E-state index contributed by atoms with van der Waals surface area (Å²) in [5, 5.41) is 0.179. The molecule has 1 unspecified atom stereocenters. The molecule has 128 valence electrons. The Balaban J connectivity index is 1.94. The Hall–Kier alpha value is -2.44. The minimum Gasteiger partial charge on any atom is -0.467 e. The number of benzene rings is 1. The number of hydrogen-bond acceptors (Lipinski definition) is 5. The van der Waals surface area contributed by atoms with Gasteiger partial charge in [0.2, 0.25) is 0 Å². The van der Waals surface area contributed by atoms with Gasteiger partial charge in [-0.3, -0.25) is 4.98 Å². The van der Waals surface area contributed by atoms with Crippen molar-refractivity contribution in [3.8, 4) is 17.3 Å². The zero-order valence-corrected chi connectivity index (χ0v) is 14.6. The molecule has 0 aliphatic carbocycles. The summed E-state index contributed by atoms with van der Waals surface area (Å²) in [6, 6.07) is 8.01. The highest BCUT2D eigenvalue weighted by molar-refractivity contribution is 6.36. The van der Waals surface area contributed by atoms with Crippen molar-refractivity contribution in [2.75, 3.05) is 5.73 Å². The van der Waals surface area contributed by atoms with E-state index in [1.165, 1.54) is 18.3 Å². The Bertz CT molecular complexity index is 909. The molecule has 5 nitrogen and oxygen atoms in total. The molecule has 1 aromatic carbocycles. The third-order valence-electron chi connectivity index (χ3n) is 3.47. The first-order chi connectivity index (χ1) is 12.0. The number of nitrogens with two attached hydrogens (primary N) is 1. The number of pyridine rings is 1. The molecule has 0 aliphatic rings. The average Bonchev–Trinajstić information content (AvgIpc) is 2.61. The van der Waals surface area contributed by atoms with Gasteiger partial charge in [0.25, 0.3) is 5.88 Å². The third kappa shape index (κ3) is 3.65. The maximum absolute atomic E-state index is 13.7. The summed E-state index contributed by atoms with van der Waals surface area (Å²) in [5.74, 6) is -0.403. The number of aromatic nitrogens is 3. The van der Waals surface area contributed by atoms with E-state index in [0.29, 0.717) is 17.0 Å². The number of anilines is 1. The van der Waals surface area contributed by atoms with E-state index in [1.807, 2.05) is 6.07 Å². The van der Waals surface area contributed by atoms with Crippen molar-refractivity contribution in [2.24, 2.45) is 0 Å². The standard InChI is InChI=1S/C17H13Cl2FN4O/c1-9(14-10(18)5-6-11(20)15(14)19)25-17-16(21)23-8-13(24-17)12-4-2-3-7-22-12/h2-9H,1H3,(H2,21,23). The van der Waals surface area contributed by atoms with Crippen molar-refractivity contribution in [3.05, 3.63) is 64.2 Å². The largest absolute Gasteiger partial charge is 0.467 e. The van der Waals surface area contributed by atoms with Crippen LogP contribution in [0, 0.1) is 5.82 Å². The fourth-order valence-electron chi connectivity index (χ4n) is 2.25. The maximum Gasteiger partial charge on any atom is 0.258 e. The Labute approximate surface area is 153 Å². The van der Waals surface area contributed by atoms with Gasteiger partial charge in [-0.05, 0) is 31.2 Å². The predicted octanol–water partition coefficient (Wildman–Crippen LogP) is 4.71. The van der Waals surface area contributed by atoms with Crippen molar-refractivity contribution in [1.82, 2.24) is 15.0 Å². The lowest BCUT2D eigenvalue weighted by Gasteiger charge is -2.18. The molecule has 0 saturated carbocycles. The number of hydrogen-bond donors (Lipinski definition) is 1. The van der Waals surface area contributed by atoms with E-state index in [0.717, 1.165) is 0 Å². The Morgan fingerprint density at radius 3 is 2.64 bits per heavy atom. The second-order valence-electron chi connectivity index (χ2n) is 5.18. The molecule has 3 aromatic rings. The molecule has 1 atom stereocenters. The Morgan fingerprint density at radius 1 is 1.12 bits per heavy atom. The molecule has 0 spiro atoms. The molecule has 25 heavy (non-hydrogen) atoms. The fourth-order valence-corrected chi connectivity index (χ4v) is 2.93. The zero-order valence-electron chi connectivity index (χ0n) is 13.1. The summed E-state index contributed by atoms with van der Waals surface area (Å²) in [7, 11) is 0. The molecule has 3 rings (SSSR count). The van der Waals surface area contributed by atoms with Crippen LogP contribution in [0.5, 0.6) is 5.88 Å². The zero-order chi connectivity index (χ0) is 18.0. The van der Waals surface area contributed by atoms with Crippen LogP contribution in [0.4, 0.5) is 10.2 Å². The summed E-state index contributed by atoms with van der Waals surface area (Å²) in [6.45, 7) is 1.67. The van der Waals surface area contributed by atoms with E-state index in [-0.39, 0.29) is 21.7 Å². The van der Waals surface area contributed by atoms with Gasteiger partial charge in [0.15, 0.2) is 5.82 Å². The van der Waals surface area contributed by atoms with Crippen LogP contribution in [0.25, 0.3) is 11.4 Å². The van der Waals surface area contributed by atoms with Gasteiger partial charge in [-0.1, -0.05) is 29.3 Å². The summed E-state index contributed by atoms with van der Waals surface area (Å²) in [6.07, 6.45) is 2.45. The highest BCUT2D eigenvalue weighted by Gasteiger charge is 2.20. The highest BCUT2D eigenvalue weighted by atomic mass is 35.5. The molecule has 0 amide bonds. The van der Waals surface area contributed by atoms with E-state index in [1.54, 1.807) is 25.3 Å². The number of nitrogens with zero attached hydrogens (tertiary/aromatic N) is 3. The van der Waals surface area contributed by atoms with Crippen LogP contribution in [-0.2, 0) is 0 Å². The van der Waals surface area contributed by atoms with Gasteiger partial charge in [-0.15, -0.1) is 0 Å². The molecule has 2 N–H and O–H groups in total. The lowest BCUT2D eigenvalue weighted by atomic mass is 10.1. The van der Waals surface area contributed by atoms with Crippen molar-refractivity contribution < 1.29 is 9.13 Å². The van der Waals surface area contributed by atoms with E-state index >= 15 is 0 Å². The lowest BCUT2D eigenvalue weighted by Crippen LogP contribution is -2.09. The van der Waals surface area contributed by atoms with Crippen molar-refractivity contribution in [2.45, 2.75) is 13.0 Å². The normalized spacial score (nSPS) is 12.0. The van der Waals surface area contributed by atoms with Gasteiger partial charge in [0.1, 0.15) is 17.6 Å². The van der Waals surface area contributed by atoms with Gasteiger partial charge < -0.3 is 10.5 Å². The Morgan fingerprint density at radius 2 is 1.92 bits per heavy atom. The molecule has 0 aliphatic heterocycles. The highest BCUT2D eigenvalue weighted by Crippen LogP contribution is 2.35. The van der Waals surface area contributed by atoms with Gasteiger partial charge in [-0.25, -0.2) is 14.4 Å². The number of rotatable bonds is 4. The molecule has 2 aromatic heterocycles. The van der Waals surface area contributed by atoms with Crippen LogP contribution in [0.1, 0.15) is 18.6 Å². The SMILES string of the molecule is CC(Oc1nc(-c2ccccn2)cnc1N)c1c(Cl)ccc(F)c1Cl. The minimum atomic E-state index is -0.689. The van der Waals surface area contributed by atoms with Crippen LogP contribution in [-0.4, -0.2) is 15.0 Å². The van der Waals surface area contributed by atoms with Crippen LogP contribution in [0.2, 0.25) is 10.0 Å². The quantitative estimate of drug-likeness (QED) is 0.665. The predicted molar refractivity (Wildman–Crippen MR) is 95.1 cm³/mol. The maximum atomic E-state index is 13.7. The van der Waals surface area contributed by atoms with E-state index in [9.17, 15) is 4.39 Å². The lowest BCUT2D eigenvalue weighted by molar-refractivity contribution is 0.218. The molecule has 0 radical (unpaired) electrons. The molecule has 0 saturated heterocycles. The van der Waals surface area contributed by atoms with E-state index in [2.05, 4.69) is 15.0 Å². The van der Waals surface area contributed by atoms with Gasteiger partial charge >= 0.3 is 0 Å². The molecule has 2 heterocycles. The molecular formula is C17H13Cl2FN4O. The smallest absolute Gasteiger partial charge is 0.258 e. The average molecular weight is 379 g/mol. The Kier molecular flexibility index (Phi) is 5.01. The summed E-state index contributed by atoms with van der Waals surface area (Å²) < 4.78 is 19.5. The monoisotopic (exact) mass is 378 g/mol. The number of ether oxygens (including phenoxy) is 1. The van der Waals surface area contributed by atoms with Gasteiger partial charge in [-0.2, -0.15) is 0 Å². The molecule has 0 fully saturated rings. The van der Waals surface area contributed by atoms with Crippen molar-refractivity contribution in [1.29, 1.82) is 0 Å². The third-order valence-corrected chi connectivity index (χ3v) is 4.18. The van der Waals surface area contributed by atoms with Crippen molar-refractivity contribution in [3.63, 3.8) is 0 Å². The van der Waals surface area contributed by atoms with Crippen LogP contribution >= 0.6 is 23.2 Å². The van der Waals surface area contributed by atoms with Gasteiger partial charge in [0.05, 0.1) is 16.9 Å². The minimum absolute atomic E-state index is 0.0899. The van der Waals surface area contributed by atoms with E-state index < -0.39 is 11.9 Å². The topological polar surface area (TPSA) is 73.9 Å². The molecular weight excluding hydrogens is 366 g/mol. The first kappa shape index (κ1) is 17.4. The number of halogens is 3. The van der Waals surface area contributed by atoms with Crippen LogP contribution < -0.4 is 10.5 Å². The van der Waals surface area contributed by atoms with Crippen LogP contribution in [0.15, 0.2) is 42.7 Å². The summed E-state index contributed by atoms with van der Waals surface area (Å²) in [4.78, 5) is 12.6. The fraction of sp³-hybridized carbons (Fsp3) is 0.118. The summed E-state index contributed by atoms with van der Waals surface area (Å²) >= 11 is 12.1. The molecule has 8 heteroatoms. The number of nitrogen functional groups attached to an aromatic ring is 1. The second-order valence-corrected chi connectivity index (χ2v) is 5.96. The summed E-state index contributed by atoms with van der Waals surface area (Å²) in [5.41, 5.74) is 7.27. The van der Waals surface area contributed by atoms with Crippen LogP contribution in [0.3, 0.4) is 0 Å². The first-order valence-electron chi connectivity index (χ1n) is 7.31. The second kappa shape index (κ2) is 7.21. The first-order valence-corrected chi connectivity index (χ1v) is 8.07.